The minimum absolute atomic E-state index is 0.109. The van der Waals surface area contributed by atoms with Crippen LogP contribution in [-0.2, 0) is 27.1 Å². The molecule has 2 amide bonds. The van der Waals surface area contributed by atoms with Gasteiger partial charge in [0.15, 0.2) is 0 Å². The van der Waals surface area contributed by atoms with Crippen molar-refractivity contribution in [2.75, 3.05) is 18.4 Å². The summed E-state index contributed by atoms with van der Waals surface area (Å²) in [4.78, 5) is 29.8. The number of hydrogen-bond acceptors (Lipinski definition) is 5. The lowest BCUT2D eigenvalue weighted by Gasteiger charge is -2.30. The van der Waals surface area contributed by atoms with E-state index in [9.17, 15) is 18.0 Å². The number of anilines is 1. The van der Waals surface area contributed by atoms with Gasteiger partial charge in [0.25, 0.3) is 5.91 Å². The molecule has 36 heavy (non-hydrogen) atoms. The third-order valence-electron chi connectivity index (χ3n) is 6.09. The molecule has 0 aliphatic carbocycles. The molecule has 2 N–H and O–H groups in total. The molecule has 1 saturated heterocycles. The second kappa shape index (κ2) is 11.6. The average molecular weight is 527 g/mol. The second-order valence-electron chi connectivity index (χ2n) is 8.63. The van der Waals surface area contributed by atoms with Crippen LogP contribution in [0, 0.1) is 5.92 Å². The molecule has 1 aromatic heterocycles. The molecule has 0 atom stereocenters. The van der Waals surface area contributed by atoms with Crippen LogP contribution in [0.3, 0.4) is 0 Å². The number of aromatic nitrogens is 1. The zero-order valence-electron chi connectivity index (χ0n) is 19.6. The van der Waals surface area contributed by atoms with E-state index in [-0.39, 0.29) is 36.6 Å². The first kappa shape index (κ1) is 25.8. The van der Waals surface area contributed by atoms with Crippen LogP contribution < -0.4 is 10.6 Å². The summed E-state index contributed by atoms with van der Waals surface area (Å²) in [6.45, 7) is 0.848. The Morgan fingerprint density at radius 2 is 1.69 bits per heavy atom. The zero-order valence-corrected chi connectivity index (χ0v) is 21.1. The smallest absolute Gasteiger partial charge is 0.253 e. The lowest BCUT2D eigenvalue weighted by Crippen LogP contribution is -2.42. The standard InChI is InChI=1S/C26H27ClN4O4S/c27-22-9-7-19(8-10-22)18-36(34,35)31-14-11-21(12-15-31)25(32)30-24-6-2-1-5-23(24)26(33)29-17-20-4-3-13-28-16-20/h1-10,13,16,21H,11-12,14-15,17-18H2,(H,29,33)(H,30,32). The van der Waals surface area contributed by atoms with Gasteiger partial charge in [0, 0.05) is 43.0 Å². The Hall–Kier alpha value is -3.27. The predicted octanol–water partition coefficient (Wildman–Crippen LogP) is 3.85. The highest BCUT2D eigenvalue weighted by atomic mass is 35.5. The van der Waals surface area contributed by atoms with Gasteiger partial charge in [0.2, 0.25) is 15.9 Å². The molecule has 8 nitrogen and oxygen atoms in total. The van der Waals surface area contributed by atoms with Crippen LogP contribution in [0.4, 0.5) is 5.69 Å². The van der Waals surface area contributed by atoms with Gasteiger partial charge >= 0.3 is 0 Å². The number of carbonyl (C=O) groups excluding carboxylic acids is 2. The molecular weight excluding hydrogens is 500 g/mol. The molecule has 0 saturated carbocycles. The Morgan fingerprint density at radius 3 is 2.39 bits per heavy atom. The maximum atomic E-state index is 13.0. The summed E-state index contributed by atoms with van der Waals surface area (Å²) in [5.41, 5.74) is 2.31. The number of halogens is 1. The molecular formula is C26H27ClN4O4S. The molecule has 0 radical (unpaired) electrons. The Bertz CT molecular complexity index is 1310. The van der Waals surface area contributed by atoms with Crippen molar-refractivity contribution in [3.05, 3.63) is 94.8 Å². The normalized spacial score (nSPS) is 14.8. The van der Waals surface area contributed by atoms with E-state index in [1.165, 1.54) is 4.31 Å². The van der Waals surface area contributed by atoms with Crippen molar-refractivity contribution in [3.63, 3.8) is 0 Å². The van der Waals surface area contributed by atoms with Crippen LogP contribution in [0.2, 0.25) is 5.02 Å². The van der Waals surface area contributed by atoms with Crippen LogP contribution in [0.25, 0.3) is 0 Å². The third-order valence-corrected chi connectivity index (χ3v) is 8.19. The fourth-order valence-electron chi connectivity index (χ4n) is 4.08. The number of para-hydroxylation sites is 1. The number of benzene rings is 2. The lowest BCUT2D eigenvalue weighted by molar-refractivity contribution is -0.120. The number of nitrogens with zero attached hydrogens (tertiary/aromatic N) is 2. The van der Waals surface area contributed by atoms with Crippen LogP contribution >= 0.6 is 11.6 Å². The maximum Gasteiger partial charge on any atom is 0.253 e. The number of carbonyl (C=O) groups is 2. The first-order valence-corrected chi connectivity index (χ1v) is 13.6. The Morgan fingerprint density at radius 1 is 0.972 bits per heavy atom. The second-order valence-corrected chi connectivity index (χ2v) is 11.0. The van der Waals surface area contributed by atoms with Crippen LogP contribution in [-0.4, -0.2) is 42.6 Å². The summed E-state index contributed by atoms with van der Waals surface area (Å²) in [6, 6.07) is 17.2. The number of sulfonamides is 1. The molecule has 0 unspecified atom stereocenters. The Kier molecular flexibility index (Phi) is 8.35. The molecule has 0 spiro atoms. The van der Waals surface area contributed by atoms with E-state index in [0.29, 0.717) is 41.2 Å². The summed E-state index contributed by atoms with van der Waals surface area (Å²) >= 11 is 5.88. The molecule has 10 heteroatoms. The van der Waals surface area contributed by atoms with E-state index in [1.54, 1.807) is 67.0 Å². The summed E-state index contributed by atoms with van der Waals surface area (Å²) in [6.07, 6.45) is 4.15. The van der Waals surface area contributed by atoms with Gasteiger partial charge < -0.3 is 10.6 Å². The van der Waals surface area contributed by atoms with E-state index < -0.39 is 10.0 Å². The van der Waals surface area contributed by atoms with Crippen molar-refractivity contribution in [2.45, 2.75) is 25.1 Å². The maximum absolute atomic E-state index is 13.0. The molecule has 3 aromatic rings. The predicted molar refractivity (Wildman–Crippen MR) is 139 cm³/mol. The number of pyridine rings is 1. The monoisotopic (exact) mass is 526 g/mol. The van der Waals surface area contributed by atoms with Crippen LogP contribution in [0.15, 0.2) is 73.1 Å². The minimum atomic E-state index is -3.50. The Balaban J connectivity index is 1.33. The fourth-order valence-corrected chi connectivity index (χ4v) is 5.77. The van der Waals surface area contributed by atoms with Gasteiger partial charge in [-0.25, -0.2) is 12.7 Å². The van der Waals surface area contributed by atoms with Crippen molar-refractivity contribution in [3.8, 4) is 0 Å². The van der Waals surface area contributed by atoms with E-state index >= 15 is 0 Å². The van der Waals surface area contributed by atoms with E-state index in [4.69, 9.17) is 11.6 Å². The summed E-state index contributed by atoms with van der Waals surface area (Å²) in [7, 11) is -3.50. The third kappa shape index (κ3) is 6.69. The molecule has 1 aliphatic heterocycles. The molecule has 2 heterocycles. The average Bonchev–Trinajstić information content (AvgIpc) is 2.89. The highest BCUT2D eigenvalue weighted by Gasteiger charge is 2.31. The van der Waals surface area contributed by atoms with Crippen LogP contribution in [0.1, 0.15) is 34.3 Å². The number of piperidine rings is 1. The van der Waals surface area contributed by atoms with Gasteiger partial charge in [-0.15, -0.1) is 0 Å². The van der Waals surface area contributed by atoms with Crippen LogP contribution in [0.5, 0.6) is 0 Å². The summed E-state index contributed by atoms with van der Waals surface area (Å²) < 4.78 is 27.1. The summed E-state index contributed by atoms with van der Waals surface area (Å²) in [5.74, 6) is -0.989. The molecule has 4 rings (SSSR count). The first-order valence-electron chi connectivity index (χ1n) is 11.6. The summed E-state index contributed by atoms with van der Waals surface area (Å²) in [5, 5.41) is 6.26. The lowest BCUT2D eigenvalue weighted by atomic mass is 9.97. The molecule has 2 aromatic carbocycles. The van der Waals surface area contributed by atoms with Gasteiger partial charge in [-0.3, -0.25) is 14.6 Å². The number of hydrogen-bond donors (Lipinski definition) is 2. The highest BCUT2D eigenvalue weighted by molar-refractivity contribution is 7.88. The zero-order chi connectivity index (χ0) is 25.5. The van der Waals surface area contributed by atoms with Gasteiger partial charge in [-0.2, -0.15) is 0 Å². The number of nitrogens with one attached hydrogen (secondary N) is 2. The van der Waals surface area contributed by atoms with Gasteiger partial charge in [0.1, 0.15) is 0 Å². The van der Waals surface area contributed by atoms with Crippen molar-refractivity contribution >= 4 is 39.1 Å². The first-order chi connectivity index (χ1) is 17.3. The molecule has 0 bridgehead atoms. The van der Waals surface area contributed by atoms with Crippen molar-refractivity contribution in [1.82, 2.24) is 14.6 Å². The molecule has 188 valence electrons. The number of amides is 2. The van der Waals surface area contributed by atoms with E-state index in [2.05, 4.69) is 15.6 Å². The minimum Gasteiger partial charge on any atom is -0.348 e. The van der Waals surface area contributed by atoms with Crippen molar-refractivity contribution in [1.29, 1.82) is 0 Å². The van der Waals surface area contributed by atoms with Crippen molar-refractivity contribution < 1.29 is 18.0 Å². The quantitative estimate of drug-likeness (QED) is 0.463. The Labute approximate surface area is 215 Å². The largest absolute Gasteiger partial charge is 0.348 e. The molecule has 1 fully saturated rings. The van der Waals surface area contributed by atoms with Gasteiger partial charge in [0.05, 0.1) is 17.0 Å². The van der Waals surface area contributed by atoms with Gasteiger partial charge in [-0.1, -0.05) is 41.9 Å². The highest BCUT2D eigenvalue weighted by Crippen LogP contribution is 2.24. The fraction of sp³-hybridized carbons (Fsp3) is 0.269. The topological polar surface area (TPSA) is 108 Å². The van der Waals surface area contributed by atoms with Gasteiger partial charge in [-0.05, 0) is 54.3 Å². The molecule has 1 aliphatic rings. The van der Waals surface area contributed by atoms with E-state index in [1.807, 2.05) is 6.07 Å². The van der Waals surface area contributed by atoms with Crippen molar-refractivity contribution in [2.24, 2.45) is 5.92 Å². The van der Waals surface area contributed by atoms with E-state index in [0.717, 1.165) is 5.56 Å². The number of rotatable bonds is 8. The SMILES string of the molecule is O=C(NCc1cccnc1)c1ccccc1NC(=O)C1CCN(S(=O)(=O)Cc2ccc(Cl)cc2)CC1.